The van der Waals surface area contributed by atoms with Crippen molar-refractivity contribution in [1.82, 2.24) is 10.6 Å². The van der Waals surface area contributed by atoms with Crippen LogP contribution in [0.3, 0.4) is 0 Å². The number of nitrogens with one attached hydrogen (secondary N) is 2. The van der Waals surface area contributed by atoms with Gasteiger partial charge in [-0.25, -0.2) is 0 Å². The van der Waals surface area contributed by atoms with Crippen molar-refractivity contribution < 1.29 is 9.59 Å². The Labute approximate surface area is 101 Å². The molecule has 0 aromatic carbocycles. The molecular weight excluding hydrogens is 232 g/mol. The smallest absolute Gasteiger partial charge is 0.229 e. The van der Waals surface area contributed by atoms with Crippen LogP contribution < -0.4 is 10.6 Å². The predicted molar refractivity (Wildman–Crippen MR) is 71.6 cm³/mol. The normalized spacial score (nSPS) is 7.73. The zero-order chi connectivity index (χ0) is 11.4. The highest BCUT2D eigenvalue weighted by Gasteiger charge is 1.90. The lowest BCUT2D eigenvalue weighted by atomic mass is 10.7. The number of carbonyl (C=O) groups excluding carboxylic acids is 2. The Morgan fingerprint density at radius 2 is 1.20 bits per heavy atom. The average molecular weight is 254 g/mol. The molecule has 2 N–H and O–H groups in total. The van der Waals surface area contributed by atoms with Crippen LogP contribution in [-0.4, -0.2) is 49.9 Å². The highest BCUT2D eigenvalue weighted by atomic mass is 32.2. The van der Waals surface area contributed by atoms with Gasteiger partial charge >= 0.3 is 0 Å². The quantitative estimate of drug-likeness (QED) is 0.780. The predicted octanol–water partition coefficient (Wildman–Crippen LogP) is 0.827. The summed E-state index contributed by atoms with van der Waals surface area (Å²) in [5, 5.41) is 5.01. The van der Waals surface area contributed by atoms with Crippen LogP contribution in [0.2, 0.25) is 0 Å². The molecule has 0 spiro atoms. The molecule has 6 heteroatoms. The molecule has 2 amide bonds. The van der Waals surface area contributed by atoms with Gasteiger partial charge in [0.1, 0.15) is 0 Å². The highest BCUT2D eigenvalue weighted by Crippen LogP contribution is 1.87. The van der Waals surface area contributed by atoms with Gasteiger partial charge in [0.2, 0.25) is 11.8 Å². The van der Waals surface area contributed by atoms with Crippen molar-refractivity contribution in [2.75, 3.05) is 38.1 Å². The van der Waals surface area contributed by atoms with Crippen molar-refractivity contribution >= 4 is 35.3 Å². The summed E-state index contributed by atoms with van der Waals surface area (Å²) in [6.45, 7) is 0. The second-order valence-electron chi connectivity index (χ2n) is 2.21. The van der Waals surface area contributed by atoms with E-state index in [9.17, 15) is 9.59 Å². The van der Waals surface area contributed by atoms with Gasteiger partial charge in [-0.15, -0.1) is 0 Å². The maximum absolute atomic E-state index is 10.3. The second kappa shape index (κ2) is 16.1. The summed E-state index contributed by atoms with van der Waals surface area (Å²) in [4.78, 5) is 20.6. The highest BCUT2D eigenvalue weighted by molar-refractivity contribution is 7.99. The third-order valence-electron chi connectivity index (χ3n) is 1.11. The zero-order valence-electron chi connectivity index (χ0n) is 9.05. The van der Waals surface area contributed by atoms with E-state index in [0.29, 0.717) is 11.5 Å². The molecule has 0 heterocycles. The maximum Gasteiger partial charge on any atom is 0.229 e. The van der Waals surface area contributed by atoms with E-state index in [2.05, 4.69) is 10.6 Å². The molecule has 15 heavy (non-hydrogen) atoms. The van der Waals surface area contributed by atoms with E-state index in [4.69, 9.17) is 0 Å². The van der Waals surface area contributed by atoms with Crippen molar-refractivity contribution in [1.29, 1.82) is 0 Å². The van der Waals surface area contributed by atoms with Gasteiger partial charge in [0, 0.05) is 14.1 Å². The van der Waals surface area contributed by atoms with Crippen LogP contribution in [0.4, 0.5) is 0 Å². The van der Waals surface area contributed by atoms with Crippen molar-refractivity contribution in [3.63, 3.8) is 0 Å². The van der Waals surface area contributed by atoms with E-state index in [1.54, 1.807) is 14.1 Å². The van der Waals surface area contributed by atoms with Gasteiger partial charge < -0.3 is 10.6 Å². The number of amides is 2. The molecule has 0 aromatic heterocycles. The first-order chi connectivity index (χ1) is 6.62. The van der Waals surface area contributed by atoms with E-state index in [0.717, 1.165) is 0 Å². The molecule has 0 atom stereocenters. The van der Waals surface area contributed by atoms with Gasteiger partial charge in [-0.1, -0.05) is 7.43 Å². The molecular formula is C9H22N2O2S2. The molecule has 0 aliphatic rings. The van der Waals surface area contributed by atoms with E-state index in [-0.39, 0.29) is 19.2 Å². The molecule has 4 nitrogen and oxygen atoms in total. The van der Waals surface area contributed by atoms with Crippen molar-refractivity contribution in [2.24, 2.45) is 0 Å². The van der Waals surface area contributed by atoms with Crippen LogP contribution >= 0.6 is 23.5 Å². The Morgan fingerprint density at radius 3 is 1.27 bits per heavy atom. The molecule has 0 fully saturated rings. The minimum absolute atomic E-state index is 0. The number of thioether (sulfide) groups is 2. The van der Waals surface area contributed by atoms with Gasteiger partial charge in [0.05, 0.1) is 11.5 Å². The van der Waals surface area contributed by atoms with Gasteiger partial charge in [-0.05, 0) is 12.5 Å². The fourth-order valence-electron chi connectivity index (χ4n) is 0.407. The molecule has 0 saturated carbocycles. The second-order valence-corrected chi connectivity index (χ2v) is 3.94. The average Bonchev–Trinajstić information content (AvgIpc) is 2.19. The summed E-state index contributed by atoms with van der Waals surface area (Å²) in [5.41, 5.74) is 0. The topological polar surface area (TPSA) is 58.2 Å². The summed E-state index contributed by atoms with van der Waals surface area (Å²) in [7, 11) is 3.27. The van der Waals surface area contributed by atoms with E-state index >= 15 is 0 Å². The van der Waals surface area contributed by atoms with Crippen molar-refractivity contribution in [2.45, 2.75) is 7.43 Å². The van der Waals surface area contributed by atoms with Crippen LogP contribution in [0.15, 0.2) is 0 Å². The SMILES string of the molecule is C.CNC(=O)CSC.CNC(=O)CSC. The first-order valence-electron chi connectivity index (χ1n) is 4.01. The monoisotopic (exact) mass is 254 g/mol. The Hall–Kier alpha value is -0.360. The minimum Gasteiger partial charge on any atom is -0.358 e. The maximum atomic E-state index is 10.3. The Kier molecular flexibility index (Phi) is 21.6. The molecule has 0 aromatic rings. The number of carbonyl (C=O) groups is 2. The Balaban J connectivity index is -0.000000180. The lowest BCUT2D eigenvalue weighted by molar-refractivity contribution is -0.118. The summed E-state index contributed by atoms with van der Waals surface area (Å²) in [6.07, 6.45) is 3.80. The lowest BCUT2D eigenvalue weighted by Crippen LogP contribution is -2.19. The molecule has 0 aliphatic carbocycles. The molecule has 0 unspecified atom stereocenters. The first-order valence-corrected chi connectivity index (χ1v) is 6.80. The van der Waals surface area contributed by atoms with Gasteiger partial charge in [0.25, 0.3) is 0 Å². The van der Waals surface area contributed by atoms with Crippen LogP contribution in [0, 0.1) is 0 Å². The van der Waals surface area contributed by atoms with E-state index in [1.807, 2.05) is 12.5 Å². The minimum atomic E-state index is 0. The number of hydrogen-bond donors (Lipinski definition) is 2. The largest absolute Gasteiger partial charge is 0.358 e. The summed E-state index contributed by atoms with van der Waals surface area (Å²) < 4.78 is 0. The fraction of sp³-hybridized carbons (Fsp3) is 0.778. The first kappa shape index (κ1) is 20.1. The number of hydrogen-bond acceptors (Lipinski definition) is 4. The Bertz CT molecular complexity index is 148. The van der Waals surface area contributed by atoms with Crippen LogP contribution in [0.25, 0.3) is 0 Å². The fourth-order valence-corrected chi connectivity index (χ4v) is 1.22. The van der Waals surface area contributed by atoms with Crippen LogP contribution in [0.1, 0.15) is 7.43 Å². The molecule has 92 valence electrons. The summed E-state index contributed by atoms with van der Waals surface area (Å²) >= 11 is 3.04. The van der Waals surface area contributed by atoms with Gasteiger partial charge in [0.15, 0.2) is 0 Å². The molecule has 0 aliphatic heterocycles. The molecule has 0 radical (unpaired) electrons. The Morgan fingerprint density at radius 1 is 0.933 bits per heavy atom. The third kappa shape index (κ3) is 19.9. The van der Waals surface area contributed by atoms with Gasteiger partial charge in [-0.2, -0.15) is 23.5 Å². The van der Waals surface area contributed by atoms with Crippen LogP contribution in [0.5, 0.6) is 0 Å². The number of rotatable bonds is 4. The van der Waals surface area contributed by atoms with E-state index < -0.39 is 0 Å². The third-order valence-corrected chi connectivity index (χ3v) is 2.21. The van der Waals surface area contributed by atoms with Crippen molar-refractivity contribution in [3.05, 3.63) is 0 Å². The zero-order valence-corrected chi connectivity index (χ0v) is 10.7. The van der Waals surface area contributed by atoms with Gasteiger partial charge in [-0.3, -0.25) is 9.59 Å². The van der Waals surface area contributed by atoms with Crippen molar-refractivity contribution in [3.8, 4) is 0 Å². The van der Waals surface area contributed by atoms with Crippen LogP contribution in [-0.2, 0) is 9.59 Å². The summed E-state index contributed by atoms with van der Waals surface area (Å²) in [5.74, 6) is 1.31. The molecule has 0 saturated heterocycles. The van der Waals surface area contributed by atoms with E-state index in [1.165, 1.54) is 23.5 Å². The lowest BCUT2D eigenvalue weighted by Gasteiger charge is -1.91. The summed E-state index contributed by atoms with van der Waals surface area (Å²) in [6, 6.07) is 0. The molecule has 0 bridgehead atoms. The molecule has 0 rings (SSSR count). The standard InChI is InChI=1S/2C4H9NOS.CH4/c2*1-5-4(6)3-7-2;/h2*3H2,1-2H3,(H,5,6);1H4.